The fourth-order valence-electron chi connectivity index (χ4n) is 3.33. The van der Waals surface area contributed by atoms with Crippen LogP contribution in [0, 0.1) is 23.7 Å². The summed E-state index contributed by atoms with van der Waals surface area (Å²) < 4.78 is 11.6. The van der Waals surface area contributed by atoms with E-state index in [9.17, 15) is 0 Å². The summed E-state index contributed by atoms with van der Waals surface area (Å²) in [5.74, 6) is 2.98. The Labute approximate surface area is 99.7 Å². The number of rotatable bonds is 1. The number of hydrogen-bond acceptors (Lipinski definition) is 2. The van der Waals surface area contributed by atoms with Crippen molar-refractivity contribution < 1.29 is 9.47 Å². The summed E-state index contributed by atoms with van der Waals surface area (Å²) in [5, 5.41) is 0. The Balaban J connectivity index is 2.02. The van der Waals surface area contributed by atoms with Crippen molar-refractivity contribution in [2.45, 2.75) is 59.4 Å². The lowest BCUT2D eigenvalue weighted by atomic mass is 9.70. The second-order valence-corrected chi connectivity index (χ2v) is 6.04. The van der Waals surface area contributed by atoms with E-state index < -0.39 is 0 Å². The van der Waals surface area contributed by atoms with Crippen LogP contribution in [0.3, 0.4) is 0 Å². The van der Waals surface area contributed by atoms with E-state index in [2.05, 4.69) is 20.8 Å². The highest BCUT2D eigenvalue weighted by atomic mass is 16.7. The molecule has 0 N–H and O–H groups in total. The van der Waals surface area contributed by atoms with Crippen LogP contribution in [-0.4, -0.2) is 19.0 Å². The zero-order valence-electron chi connectivity index (χ0n) is 11.1. The molecule has 6 unspecified atom stereocenters. The molecule has 0 aromatic rings. The smallest absolute Gasteiger partial charge is 0.155 e. The van der Waals surface area contributed by atoms with E-state index in [-0.39, 0.29) is 6.29 Å². The molecule has 2 heteroatoms. The van der Waals surface area contributed by atoms with E-state index in [4.69, 9.17) is 9.47 Å². The Morgan fingerprint density at radius 1 is 0.938 bits per heavy atom. The molecule has 0 amide bonds. The Kier molecular flexibility index (Phi) is 3.91. The first kappa shape index (κ1) is 12.4. The summed E-state index contributed by atoms with van der Waals surface area (Å²) >= 11 is 0. The van der Waals surface area contributed by atoms with Gasteiger partial charge in [0, 0.05) is 5.92 Å². The van der Waals surface area contributed by atoms with Gasteiger partial charge in [-0.05, 0) is 31.1 Å². The van der Waals surface area contributed by atoms with Crippen molar-refractivity contribution in [3.8, 4) is 0 Å². The molecule has 1 saturated carbocycles. The molecule has 1 aliphatic carbocycles. The van der Waals surface area contributed by atoms with Crippen molar-refractivity contribution in [1.29, 1.82) is 0 Å². The molecule has 0 bridgehead atoms. The van der Waals surface area contributed by atoms with Crippen molar-refractivity contribution in [3.63, 3.8) is 0 Å². The van der Waals surface area contributed by atoms with Crippen LogP contribution in [0.2, 0.25) is 0 Å². The summed E-state index contributed by atoms with van der Waals surface area (Å²) in [6.07, 6.45) is 4.51. The van der Waals surface area contributed by atoms with Gasteiger partial charge in [-0.2, -0.15) is 0 Å². The lowest BCUT2D eigenvalue weighted by Crippen LogP contribution is -2.45. The monoisotopic (exact) mass is 226 g/mol. The fraction of sp³-hybridized carbons (Fsp3) is 1.00. The summed E-state index contributed by atoms with van der Waals surface area (Å²) in [6, 6.07) is 0. The van der Waals surface area contributed by atoms with Gasteiger partial charge in [0.05, 0.1) is 12.7 Å². The van der Waals surface area contributed by atoms with Crippen LogP contribution in [0.4, 0.5) is 0 Å². The molecule has 2 nitrogen and oxygen atoms in total. The molecule has 1 saturated heterocycles. The summed E-state index contributed by atoms with van der Waals surface area (Å²) in [5.41, 5.74) is 0. The highest BCUT2D eigenvalue weighted by Crippen LogP contribution is 2.40. The van der Waals surface area contributed by atoms with Crippen molar-refractivity contribution in [3.05, 3.63) is 0 Å². The van der Waals surface area contributed by atoms with Gasteiger partial charge < -0.3 is 9.47 Å². The normalized spacial score (nSPS) is 50.2. The molecular formula is C14H26O2. The molecule has 16 heavy (non-hydrogen) atoms. The molecule has 0 aromatic carbocycles. The SMILES string of the molecule is CC1CCC(C)C(C2OC(C)OCC2C)C1. The standard InChI is InChI=1S/C14H26O2/c1-9-5-6-10(2)13(7-9)14-11(3)8-15-12(4)16-14/h9-14H,5-8H2,1-4H3. The largest absolute Gasteiger partial charge is 0.353 e. The number of ether oxygens (including phenoxy) is 2. The molecule has 0 spiro atoms. The Bertz CT molecular complexity index is 205. The van der Waals surface area contributed by atoms with Crippen LogP contribution in [0.25, 0.3) is 0 Å². The van der Waals surface area contributed by atoms with Crippen molar-refractivity contribution >= 4 is 0 Å². The van der Waals surface area contributed by atoms with Crippen molar-refractivity contribution in [2.75, 3.05) is 6.61 Å². The second kappa shape index (κ2) is 5.05. The van der Waals surface area contributed by atoms with Gasteiger partial charge >= 0.3 is 0 Å². The van der Waals surface area contributed by atoms with Gasteiger partial charge in [-0.15, -0.1) is 0 Å². The minimum Gasteiger partial charge on any atom is -0.353 e. The maximum absolute atomic E-state index is 6.03. The molecule has 2 aliphatic rings. The minimum absolute atomic E-state index is 0.00867. The third-order valence-corrected chi connectivity index (χ3v) is 4.45. The van der Waals surface area contributed by atoms with Crippen LogP contribution < -0.4 is 0 Å². The summed E-state index contributed by atoms with van der Waals surface area (Å²) in [4.78, 5) is 0. The van der Waals surface area contributed by atoms with Crippen LogP contribution in [0.1, 0.15) is 47.0 Å². The van der Waals surface area contributed by atoms with Crippen molar-refractivity contribution in [2.24, 2.45) is 23.7 Å². The van der Waals surface area contributed by atoms with E-state index in [1.54, 1.807) is 0 Å². The number of hydrogen-bond donors (Lipinski definition) is 0. The highest BCUT2D eigenvalue weighted by Gasteiger charge is 2.38. The zero-order chi connectivity index (χ0) is 11.7. The Morgan fingerprint density at radius 2 is 1.69 bits per heavy atom. The van der Waals surface area contributed by atoms with Crippen LogP contribution >= 0.6 is 0 Å². The molecule has 6 atom stereocenters. The molecule has 1 aliphatic heterocycles. The van der Waals surface area contributed by atoms with E-state index >= 15 is 0 Å². The van der Waals surface area contributed by atoms with Crippen LogP contribution in [0.15, 0.2) is 0 Å². The van der Waals surface area contributed by atoms with E-state index in [0.717, 1.165) is 24.4 Å². The molecule has 0 aromatic heterocycles. The fourth-order valence-corrected chi connectivity index (χ4v) is 3.33. The maximum Gasteiger partial charge on any atom is 0.155 e. The average Bonchev–Trinajstić information content (AvgIpc) is 2.25. The van der Waals surface area contributed by atoms with Gasteiger partial charge in [-0.1, -0.05) is 33.6 Å². The van der Waals surface area contributed by atoms with E-state index in [1.165, 1.54) is 19.3 Å². The van der Waals surface area contributed by atoms with Crippen LogP contribution in [-0.2, 0) is 9.47 Å². The predicted molar refractivity (Wildman–Crippen MR) is 65.1 cm³/mol. The molecule has 2 rings (SSSR count). The van der Waals surface area contributed by atoms with Gasteiger partial charge in [0.2, 0.25) is 0 Å². The third kappa shape index (κ3) is 2.60. The third-order valence-electron chi connectivity index (χ3n) is 4.45. The minimum atomic E-state index is -0.00867. The lowest BCUT2D eigenvalue weighted by Gasteiger charge is -2.43. The average molecular weight is 226 g/mol. The van der Waals surface area contributed by atoms with Gasteiger partial charge in [0.1, 0.15) is 0 Å². The quantitative estimate of drug-likeness (QED) is 0.681. The van der Waals surface area contributed by atoms with E-state index in [0.29, 0.717) is 12.0 Å². The van der Waals surface area contributed by atoms with E-state index in [1.807, 2.05) is 6.92 Å². The molecule has 94 valence electrons. The molecule has 1 heterocycles. The Hall–Kier alpha value is -0.0800. The first-order chi connectivity index (χ1) is 7.58. The maximum atomic E-state index is 6.03. The summed E-state index contributed by atoms with van der Waals surface area (Å²) in [7, 11) is 0. The molecular weight excluding hydrogens is 200 g/mol. The van der Waals surface area contributed by atoms with Crippen molar-refractivity contribution in [1.82, 2.24) is 0 Å². The Morgan fingerprint density at radius 3 is 2.44 bits per heavy atom. The molecule has 2 fully saturated rings. The van der Waals surface area contributed by atoms with Gasteiger partial charge in [0.25, 0.3) is 0 Å². The molecule has 0 radical (unpaired) electrons. The zero-order valence-corrected chi connectivity index (χ0v) is 11.1. The topological polar surface area (TPSA) is 18.5 Å². The summed E-state index contributed by atoms with van der Waals surface area (Å²) in [6.45, 7) is 9.93. The lowest BCUT2D eigenvalue weighted by molar-refractivity contribution is -0.244. The highest BCUT2D eigenvalue weighted by molar-refractivity contribution is 4.86. The first-order valence-electron chi connectivity index (χ1n) is 6.85. The van der Waals surface area contributed by atoms with Gasteiger partial charge in [-0.3, -0.25) is 0 Å². The second-order valence-electron chi connectivity index (χ2n) is 6.04. The first-order valence-corrected chi connectivity index (χ1v) is 6.85. The predicted octanol–water partition coefficient (Wildman–Crippen LogP) is 3.46. The van der Waals surface area contributed by atoms with Gasteiger partial charge in [-0.25, -0.2) is 0 Å². The van der Waals surface area contributed by atoms with Gasteiger partial charge in [0.15, 0.2) is 6.29 Å². The van der Waals surface area contributed by atoms with Crippen LogP contribution in [0.5, 0.6) is 0 Å².